The van der Waals surface area contributed by atoms with E-state index in [9.17, 15) is 4.79 Å². The molecule has 3 aromatic heterocycles. The summed E-state index contributed by atoms with van der Waals surface area (Å²) in [5.41, 5.74) is 6.73. The van der Waals surface area contributed by atoms with E-state index in [4.69, 9.17) is 0 Å². The molecule has 12 heteroatoms. The van der Waals surface area contributed by atoms with Crippen LogP contribution in [0.3, 0.4) is 0 Å². The highest BCUT2D eigenvalue weighted by Gasteiger charge is 2.16. The molecular formula is C36H45N7OS4. The van der Waals surface area contributed by atoms with E-state index in [1.165, 1.54) is 8.91 Å². The standard InChI is InChI=1S/C24H34N4OS.C12H11N3S3/c1-5-22(15-21(3)20(2)9-6-7-14-30-4)17-25-10-13-27-11-8-12-28-24(18-27)16-23(19-29)26-28;1-13-12-14-9-5-4-8(7-10(9)17-12)15-18-11-3-2-6-16-11/h5-6,9,15-16,19,25H,1-3,7-8,10-14,17-18H2,4H3;2-7,15H,1H3,(H,13,14)/b9-6-,22-15+;. The largest absolute Gasteiger partial charge is 0.365 e. The first kappa shape index (κ1) is 37.4. The average Bonchev–Trinajstić information content (AvgIpc) is 3.84. The number of allylic oxidation sites excluding steroid dienone is 5. The van der Waals surface area contributed by atoms with E-state index in [1.807, 2.05) is 53.9 Å². The summed E-state index contributed by atoms with van der Waals surface area (Å²) < 4.78 is 7.76. The zero-order valence-corrected chi connectivity index (χ0v) is 31.0. The number of hydrogen-bond donors (Lipinski definition) is 3. The molecule has 4 heterocycles. The number of aryl methyl sites for hydroxylation is 1. The first-order chi connectivity index (χ1) is 23.4. The maximum Gasteiger partial charge on any atom is 0.183 e. The van der Waals surface area contributed by atoms with Gasteiger partial charge < -0.3 is 15.4 Å². The Labute approximate surface area is 301 Å². The van der Waals surface area contributed by atoms with E-state index in [0.717, 1.165) is 103 Å². The fourth-order valence-electron chi connectivity index (χ4n) is 4.81. The molecule has 4 aromatic rings. The van der Waals surface area contributed by atoms with Crippen molar-refractivity contribution in [2.75, 3.05) is 55.3 Å². The second-order valence-corrected chi connectivity index (χ2v) is 15.0. The number of carbonyl (C=O) groups excluding carboxylic acids is 1. The van der Waals surface area contributed by atoms with Crippen LogP contribution in [0.4, 0.5) is 10.8 Å². The number of aldehydes is 1. The molecule has 1 aliphatic rings. The van der Waals surface area contributed by atoms with Crippen LogP contribution in [0.5, 0.6) is 0 Å². The van der Waals surface area contributed by atoms with Crippen molar-refractivity contribution in [2.45, 2.75) is 30.1 Å². The molecule has 1 aromatic carbocycles. The zero-order chi connectivity index (χ0) is 34.1. The lowest BCUT2D eigenvalue weighted by atomic mass is 10.1. The van der Waals surface area contributed by atoms with E-state index in [0.29, 0.717) is 5.69 Å². The number of carbonyl (C=O) groups is 1. The molecule has 0 spiro atoms. The number of aromatic nitrogens is 3. The predicted octanol–water partition coefficient (Wildman–Crippen LogP) is 8.54. The summed E-state index contributed by atoms with van der Waals surface area (Å²) in [6, 6.07) is 12.3. The number of anilines is 2. The van der Waals surface area contributed by atoms with Gasteiger partial charge in [-0.15, -0.1) is 11.3 Å². The van der Waals surface area contributed by atoms with Crippen LogP contribution in [0.15, 0.2) is 107 Å². The van der Waals surface area contributed by atoms with E-state index in [-0.39, 0.29) is 0 Å². The van der Waals surface area contributed by atoms with Gasteiger partial charge in [-0.2, -0.15) is 16.9 Å². The van der Waals surface area contributed by atoms with E-state index < -0.39 is 0 Å². The van der Waals surface area contributed by atoms with Gasteiger partial charge in [0.05, 0.1) is 20.1 Å². The van der Waals surface area contributed by atoms with Gasteiger partial charge in [-0.25, -0.2) is 4.98 Å². The summed E-state index contributed by atoms with van der Waals surface area (Å²) in [5, 5.41) is 13.9. The first-order valence-electron chi connectivity index (χ1n) is 15.8. The number of thiazole rings is 1. The normalized spacial score (nSPS) is 13.4. The van der Waals surface area contributed by atoms with Gasteiger partial charge in [0.25, 0.3) is 0 Å². The minimum atomic E-state index is 0.520. The topological polar surface area (TPSA) is 87.1 Å². The maximum atomic E-state index is 11.0. The Balaban J connectivity index is 0.000000244. The third-order valence-corrected chi connectivity index (χ3v) is 10.9. The number of thiophene rings is 1. The number of benzene rings is 1. The monoisotopic (exact) mass is 719 g/mol. The Morgan fingerprint density at radius 2 is 2.04 bits per heavy atom. The molecule has 254 valence electrons. The molecule has 0 saturated carbocycles. The number of hydrogen-bond acceptors (Lipinski definition) is 11. The molecule has 0 aliphatic carbocycles. The summed E-state index contributed by atoms with van der Waals surface area (Å²) in [5.74, 6) is 1.12. The van der Waals surface area contributed by atoms with Gasteiger partial charge >= 0.3 is 0 Å². The van der Waals surface area contributed by atoms with Crippen LogP contribution in [0, 0.1) is 0 Å². The Hall–Kier alpha value is -3.39. The molecule has 0 bridgehead atoms. The molecule has 5 rings (SSSR count). The van der Waals surface area contributed by atoms with Crippen molar-refractivity contribution in [1.82, 2.24) is 25.0 Å². The van der Waals surface area contributed by atoms with E-state index in [2.05, 4.69) is 92.1 Å². The summed E-state index contributed by atoms with van der Waals surface area (Å²) in [7, 11) is 1.89. The van der Waals surface area contributed by atoms with Crippen LogP contribution in [-0.2, 0) is 13.1 Å². The second kappa shape index (κ2) is 20.2. The van der Waals surface area contributed by atoms with Crippen molar-refractivity contribution in [3.63, 3.8) is 0 Å². The number of thioether (sulfide) groups is 1. The Bertz CT molecular complexity index is 1700. The molecule has 0 saturated heterocycles. The van der Waals surface area contributed by atoms with Crippen molar-refractivity contribution in [3.8, 4) is 0 Å². The fourth-order valence-corrected chi connectivity index (χ4v) is 7.47. The zero-order valence-electron chi connectivity index (χ0n) is 27.7. The van der Waals surface area contributed by atoms with Gasteiger partial charge in [0.15, 0.2) is 11.4 Å². The minimum absolute atomic E-state index is 0.520. The third kappa shape index (κ3) is 11.9. The van der Waals surface area contributed by atoms with Crippen molar-refractivity contribution >= 4 is 73.7 Å². The number of fused-ring (bicyclic) bond motifs is 2. The van der Waals surface area contributed by atoms with Crippen LogP contribution in [0.25, 0.3) is 10.2 Å². The lowest BCUT2D eigenvalue weighted by Crippen LogP contribution is -2.32. The summed E-state index contributed by atoms with van der Waals surface area (Å²) >= 11 is 6.88. The molecule has 8 nitrogen and oxygen atoms in total. The van der Waals surface area contributed by atoms with Crippen molar-refractivity contribution in [1.29, 1.82) is 0 Å². The van der Waals surface area contributed by atoms with Crippen LogP contribution < -0.4 is 15.4 Å². The lowest BCUT2D eigenvalue weighted by molar-refractivity contribution is 0.111. The highest BCUT2D eigenvalue weighted by Crippen LogP contribution is 2.31. The van der Waals surface area contributed by atoms with Crippen molar-refractivity contribution < 1.29 is 4.79 Å². The maximum absolute atomic E-state index is 11.0. The molecule has 48 heavy (non-hydrogen) atoms. The highest BCUT2D eigenvalue weighted by atomic mass is 32.2. The molecule has 0 amide bonds. The van der Waals surface area contributed by atoms with E-state index >= 15 is 0 Å². The van der Waals surface area contributed by atoms with Gasteiger partial charge in [0.1, 0.15) is 5.69 Å². The quantitative estimate of drug-likeness (QED) is 0.0430. The van der Waals surface area contributed by atoms with Crippen molar-refractivity contribution in [2.24, 2.45) is 0 Å². The predicted molar refractivity (Wildman–Crippen MR) is 212 cm³/mol. The Kier molecular flexibility index (Phi) is 15.8. The molecule has 3 N–H and O–H groups in total. The molecular weight excluding hydrogens is 675 g/mol. The second-order valence-electron chi connectivity index (χ2n) is 11.0. The number of nitrogens with zero attached hydrogens (tertiary/aromatic N) is 4. The third-order valence-electron chi connectivity index (χ3n) is 7.38. The SMILES string of the molecule is C=C/C(=C\C(=C)C(=C)/C=C\CCSC)CNCCN1CCCn2nc(C=O)cc2C1.CNc1nc2ccc(NSc3cccs3)cc2s1. The van der Waals surface area contributed by atoms with Gasteiger partial charge in [-0.3, -0.25) is 14.4 Å². The Morgan fingerprint density at radius 1 is 1.17 bits per heavy atom. The van der Waals surface area contributed by atoms with Crippen LogP contribution in [0.1, 0.15) is 29.0 Å². The average molecular weight is 720 g/mol. The van der Waals surface area contributed by atoms with Crippen molar-refractivity contribution in [3.05, 3.63) is 114 Å². The van der Waals surface area contributed by atoms with E-state index in [1.54, 1.807) is 34.6 Å². The fraction of sp³-hybridized carbons (Fsp3) is 0.306. The molecule has 0 radical (unpaired) electrons. The highest BCUT2D eigenvalue weighted by molar-refractivity contribution is 8.02. The number of rotatable bonds is 17. The summed E-state index contributed by atoms with van der Waals surface area (Å²) in [6.45, 7) is 17.5. The first-order valence-corrected chi connectivity index (χ1v) is 19.7. The summed E-state index contributed by atoms with van der Waals surface area (Å²) in [4.78, 5) is 17.8. The van der Waals surface area contributed by atoms with Crippen LogP contribution >= 0.6 is 46.4 Å². The van der Waals surface area contributed by atoms with Gasteiger partial charge in [-0.05, 0) is 89.2 Å². The van der Waals surface area contributed by atoms with Crippen LogP contribution in [-0.4, -0.2) is 71.2 Å². The Morgan fingerprint density at radius 3 is 2.79 bits per heavy atom. The molecule has 0 fully saturated rings. The van der Waals surface area contributed by atoms with Gasteiger partial charge in [-0.1, -0.05) is 61.4 Å². The van der Waals surface area contributed by atoms with Gasteiger partial charge in [0.2, 0.25) is 0 Å². The van der Waals surface area contributed by atoms with Crippen LogP contribution in [0.2, 0.25) is 0 Å². The lowest BCUT2D eigenvalue weighted by Gasteiger charge is -2.19. The minimum Gasteiger partial charge on any atom is -0.365 e. The van der Waals surface area contributed by atoms with Gasteiger partial charge in [0, 0.05) is 52.0 Å². The molecule has 0 atom stereocenters. The summed E-state index contributed by atoms with van der Waals surface area (Å²) in [6.07, 6.45) is 13.1. The smallest absolute Gasteiger partial charge is 0.183 e. The molecule has 1 aliphatic heterocycles. The molecule has 0 unspecified atom stereocenters. The number of nitrogens with one attached hydrogen (secondary N) is 3.